The third kappa shape index (κ3) is 3.69. The Bertz CT molecular complexity index is 790. The van der Waals surface area contributed by atoms with Crippen LogP contribution in [0.1, 0.15) is 12.0 Å². The zero-order valence-electron chi connectivity index (χ0n) is 12.9. The molecule has 0 radical (unpaired) electrons. The number of sulfone groups is 1. The molecular weight excluding hydrogens is 315 g/mol. The molecule has 1 aromatic carbocycles. The Morgan fingerprint density at radius 3 is 2.70 bits per heavy atom. The highest BCUT2D eigenvalue weighted by atomic mass is 32.2. The lowest BCUT2D eigenvalue weighted by atomic mass is 9.99. The van der Waals surface area contributed by atoms with Crippen LogP contribution < -0.4 is 4.90 Å². The number of hydrogen-bond acceptors (Lipinski definition) is 4. The summed E-state index contributed by atoms with van der Waals surface area (Å²) in [4.78, 5) is 6.59. The summed E-state index contributed by atoms with van der Waals surface area (Å²) in [7, 11) is -3.30. The van der Waals surface area contributed by atoms with E-state index in [-0.39, 0.29) is 10.7 Å². The summed E-state index contributed by atoms with van der Waals surface area (Å²) < 4.78 is 36.8. The van der Waals surface area contributed by atoms with Crippen LogP contribution in [0.3, 0.4) is 0 Å². The Kier molecular flexibility index (Phi) is 4.35. The number of hydrogen-bond donors (Lipinski definition) is 0. The van der Waals surface area contributed by atoms with E-state index < -0.39 is 9.84 Å². The molecule has 1 fully saturated rings. The van der Waals surface area contributed by atoms with Crippen molar-refractivity contribution >= 4 is 15.7 Å². The fraction of sp³-hybridized carbons (Fsp3) is 0.353. The molecule has 122 valence electrons. The molecule has 1 aliphatic rings. The molecule has 0 aliphatic carbocycles. The van der Waals surface area contributed by atoms with E-state index in [0.29, 0.717) is 11.7 Å². The first-order valence-corrected chi connectivity index (χ1v) is 9.47. The van der Waals surface area contributed by atoms with Crippen molar-refractivity contribution in [1.82, 2.24) is 4.98 Å². The molecule has 2 heterocycles. The van der Waals surface area contributed by atoms with E-state index in [0.717, 1.165) is 31.5 Å². The summed E-state index contributed by atoms with van der Waals surface area (Å²) >= 11 is 0. The molecule has 23 heavy (non-hydrogen) atoms. The quantitative estimate of drug-likeness (QED) is 0.863. The van der Waals surface area contributed by atoms with Crippen LogP contribution in [0.2, 0.25) is 0 Å². The topological polar surface area (TPSA) is 50.3 Å². The minimum atomic E-state index is -3.30. The first-order chi connectivity index (χ1) is 10.9. The first-order valence-electron chi connectivity index (χ1n) is 7.58. The number of aromatic nitrogens is 1. The van der Waals surface area contributed by atoms with Crippen LogP contribution in [0.5, 0.6) is 0 Å². The second-order valence-electron chi connectivity index (χ2n) is 6.03. The number of rotatable bonds is 4. The molecule has 4 nitrogen and oxygen atoms in total. The number of benzene rings is 1. The summed E-state index contributed by atoms with van der Waals surface area (Å²) in [5.74, 6) is 0.722. The zero-order chi connectivity index (χ0) is 16.4. The normalized spacial score (nSPS) is 18.3. The molecule has 0 bridgehead atoms. The SMILES string of the molecule is CS(=O)(=O)c1cccnc1N1CCC(Cc2ccc(F)cc2)C1. The molecule has 0 spiro atoms. The monoisotopic (exact) mass is 334 g/mol. The van der Waals surface area contributed by atoms with Crippen molar-refractivity contribution < 1.29 is 12.8 Å². The second kappa shape index (κ2) is 6.28. The average Bonchev–Trinajstić information content (AvgIpc) is 2.97. The first kappa shape index (κ1) is 15.9. The van der Waals surface area contributed by atoms with Gasteiger partial charge in [0.15, 0.2) is 9.84 Å². The van der Waals surface area contributed by atoms with Crippen molar-refractivity contribution in [3.63, 3.8) is 0 Å². The Morgan fingerprint density at radius 2 is 2.00 bits per heavy atom. The van der Waals surface area contributed by atoms with Gasteiger partial charge < -0.3 is 4.90 Å². The van der Waals surface area contributed by atoms with E-state index in [1.807, 2.05) is 4.90 Å². The fourth-order valence-corrected chi connectivity index (χ4v) is 3.89. The van der Waals surface area contributed by atoms with Gasteiger partial charge in [-0.05, 0) is 48.6 Å². The molecule has 3 rings (SSSR count). The van der Waals surface area contributed by atoms with Crippen molar-refractivity contribution in [2.24, 2.45) is 5.92 Å². The molecule has 2 aromatic rings. The molecule has 6 heteroatoms. The standard InChI is InChI=1S/C17H19FN2O2S/c1-23(21,22)16-3-2-9-19-17(16)20-10-8-14(12-20)11-13-4-6-15(18)7-5-13/h2-7,9,14H,8,10-12H2,1H3. The zero-order valence-corrected chi connectivity index (χ0v) is 13.8. The van der Waals surface area contributed by atoms with Crippen LogP contribution in [0, 0.1) is 11.7 Å². The van der Waals surface area contributed by atoms with Crippen LogP contribution >= 0.6 is 0 Å². The van der Waals surface area contributed by atoms with Crippen molar-refractivity contribution in [3.8, 4) is 0 Å². The van der Waals surface area contributed by atoms with Gasteiger partial charge in [0.2, 0.25) is 0 Å². The number of nitrogens with zero attached hydrogens (tertiary/aromatic N) is 2. The molecule has 1 aromatic heterocycles. The highest BCUT2D eigenvalue weighted by molar-refractivity contribution is 7.90. The van der Waals surface area contributed by atoms with Gasteiger partial charge in [-0.1, -0.05) is 12.1 Å². The number of pyridine rings is 1. The lowest BCUT2D eigenvalue weighted by Crippen LogP contribution is -2.23. The maximum atomic E-state index is 13.0. The van der Waals surface area contributed by atoms with Crippen LogP contribution in [0.4, 0.5) is 10.2 Å². The lowest BCUT2D eigenvalue weighted by Gasteiger charge is -2.20. The van der Waals surface area contributed by atoms with Crippen LogP contribution in [0.25, 0.3) is 0 Å². The molecule has 1 unspecified atom stereocenters. The van der Waals surface area contributed by atoms with E-state index >= 15 is 0 Å². The van der Waals surface area contributed by atoms with E-state index in [4.69, 9.17) is 0 Å². The maximum absolute atomic E-state index is 13.0. The van der Waals surface area contributed by atoms with Gasteiger partial charge in [-0.2, -0.15) is 0 Å². The van der Waals surface area contributed by atoms with Crippen molar-refractivity contribution in [2.45, 2.75) is 17.7 Å². The Morgan fingerprint density at radius 1 is 1.26 bits per heavy atom. The summed E-state index contributed by atoms with van der Waals surface area (Å²) in [5.41, 5.74) is 1.10. The minimum absolute atomic E-state index is 0.229. The second-order valence-corrected chi connectivity index (χ2v) is 8.01. The summed E-state index contributed by atoms with van der Waals surface area (Å²) in [5, 5.41) is 0. The highest BCUT2D eigenvalue weighted by Gasteiger charge is 2.27. The molecular formula is C17H19FN2O2S. The van der Waals surface area contributed by atoms with Crippen LogP contribution in [0.15, 0.2) is 47.5 Å². The predicted octanol–water partition coefficient (Wildman–Crippen LogP) is 2.69. The van der Waals surface area contributed by atoms with E-state index in [9.17, 15) is 12.8 Å². The molecule has 1 aliphatic heterocycles. The maximum Gasteiger partial charge on any atom is 0.179 e. The molecule has 0 N–H and O–H groups in total. The summed E-state index contributed by atoms with van der Waals surface area (Å²) in [6.45, 7) is 1.54. The Balaban J connectivity index is 1.74. The third-order valence-corrected chi connectivity index (χ3v) is 5.29. The van der Waals surface area contributed by atoms with Gasteiger partial charge in [-0.15, -0.1) is 0 Å². The highest BCUT2D eigenvalue weighted by Crippen LogP contribution is 2.29. The average molecular weight is 334 g/mol. The van der Waals surface area contributed by atoms with Gasteiger partial charge >= 0.3 is 0 Å². The fourth-order valence-electron chi connectivity index (χ4n) is 3.05. The molecule has 0 amide bonds. The van der Waals surface area contributed by atoms with Crippen molar-refractivity contribution in [2.75, 3.05) is 24.2 Å². The van der Waals surface area contributed by atoms with E-state index in [2.05, 4.69) is 4.98 Å². The largest absolute Gasteiger partial charge is 0.355 e. The Labute approximate surface area is 135 Å². The van der Waals surface area contributed by atoms with E-state index in [1.165, 1.54) is 18.4 Å². The van der Waals surface area contributed by atoms with Gasteiger partial charge in [0.25, 0.3) is 0 Å². The van der Waals surface area contributed by atoms with Gasteiger partial charge in [-0.3, -0.25) is 0 Å². The summed E-state index contributed by atoms with van der Waals surface area (Å²) in [6.07, 6.45) is 4.66. The van der Waals surface area contributed by atoms with Gasteiger partial charge in [0.05, 0.1) is 0 Å². The third-order valence-electron chi connectivity index (χ3n) is 4.17. The smallest absolute Gasteiger partial charge is 0.179 e. The number of halogens is 1. The van der Waals surface area contributed by atoms with Crippen molar-refractivity contribution in [1.29, 1.82) is 0 Å². The predicted molar refractivity (Wildman–Crippen MR) is 87.8 cm³/mol. The lowest BCUT2D eigenvalue weighted by molar-refractivity contribution is 0.582. The minimum Gasteiger partial charge on any atom is -0.355 e. The number of anilines is 1. The van der Waals surface area contributed by atoms with E-state index in [1.54, 1.807) is 30.5 Å². The van der Waals surface area contributed by atoms with Crippen molar-refractivity contribution in [3.05, 3.63) is 54.0 Å². The molecule has 0 saturated carbocycles. The molecule has 1 saturated heterocycles. The van der Waals surface area contributed by atoms with Gasteiger partial charge in [-0.25, -0.2) is 17.8 Å². The Hall–Kier alpha value is -1.95. The summed E-state index contributed by atoms with van der Waals surface area (Å²) in [6, 6.07) is 9.81. The van der Waals surface area contributed by atoms with Gasteiger partial charge in [0, 0.05) is 25.5 Å². The van der Waals surface area contributed by atoms with Gasteiger partial charge in [0.1, 0.15) is 16.5 Å². The van der Waals surface area contributed by atoms with Crippen LogP contribution in [-0.4, -0.2) is 32.7 Å². The molecule has 1 atom stereocenters. The van der Waals surface area contributed by atoms with Crippen LogP contribution in [-0.2, 0) is 16.3 Å².